The molecule has 1 aromatic carbocycles. The lowest BCUT2D eigenvalue weighted by Gasteiger charge is -2.22. The number of anilines is 2. The highest BCUT2D eigenvalue weighted by Gasteiger charge is 2.36. The summed E-state index contributed by atoms with van der Waals surface area (Å²) in [5.41, 5.74) is -1.13. The highest BCUT2D eigenvalue weighted by Crippen LogP contribution is 2.38. The zero-order valence-corrected chi connectivity index (χ0v) is 16.6. The average Bonchev–Trinajstić information content (AvgIpc) is 2.65. The Balaban J connectivity index is 1.83. The third-order valence-corrected chi connectivity index (χ3v) is 5.00. The normalized spacial score (nSPS) is 15.2. The number of benzene rings is 1. The minimum atomic E-state index is -4.64. The molecule has 1 fully saturated rings. The maximum Gasteiger partial charge on any atom is 0.418 e. The van der Waals surface area contributed by atoms with E-state index in [9.17, 15) is 18.0 Å². The van der Waals surface area contributed by atoms with Gasteiger partial charge in [-0.2, -0.15) is 23.1 Å². The summed E-state index contributed by atoms with van der Waals surface area (Å²) < 4.78 is 41.5. The fourth-order valence-electron chi connectivity index (χ4n) is 3.50. The minimum Gasteiger partial charge on any atom is -0.352 e. The van der Waals surface area contributed by atoms with E-state index in [0.29, 0.717) is 0 Å². The number of carbonyl (C=O) groups excluding carboxylic acids is 1. The van der Waals surface area contributed by atoms with Crippen molar-refractivity contribution in [2.45, 2.75) is 51.7 Å². The second-order valence-corrected chi connectivity index (χ2v) is 7.33. The van der Waals surface area contributed by atoms with E-state index < -0.39 is 11.7 Å². The van der Waals surface area contributed by atoms with Crippen LogP contribution in [0.1, 0.15) is 49.1 Å². The molecule has 1 aromatic heterocycles. The molecule has 0 bridgehead atoms. The first-order valence-electron chi connectivity index (χ1n) is 9.36. The maximum atomic E-state index is 13.8. The summed E-state index contributed by atoms with van der Waals surface area (Å²) in [5.74, 6) is -0.140. The zero-order chi connectivity index (χ0) is 21.0. The molecular formula is C19H21ClF3N5O. The highest BCUT2D eigenvalue weighted by atomic mass is 35.5. The van der Waals surface area contributed by atoms with Crippen LogP contribution in [0, 0.1) is 12.8 Å². The number of nitrogens with zero attached hydrogens (tertiary/aromatic N) is 3. The summed E-state index contributed by atoms with van der Waals surface area (Å²) in [4.78, 5) is 23.9. The number of rotatable bonds is 5. The van der Waals surface area contributed by atoms with E-state index in [1.807, 2.05) is 0 Å². The van der Waals surface area contributed by atoms with Crippen molar-refractivity contribution in [1.29, 1.82) is 0 Å². The van der Waals surface area contributed by atoms with Gasteiger partial charge in [0.15, 0.2) is 0 Å². The Kier molecular flexibility index (Phi) is 6.56. The Hall–Kier alpha value is -2.42. The van der Waals surface area contributed by atoms with E-state index in [1.165, 1.54) is 18.2 Å². The largest absolute Gasteiger partial charge is 0.418 e. The molecule has 2 N–H and O–H groups in total. The topological polar surface area (TPSA) is 79.8 Å². The van der Waals surface area contributed by atoms with Crippen LogP contribution in [0.2, 0.25) is 5.28 Å². The molecule has 1 heterocycles. The molecule has 0 radical (unpaired) electrons. The number of nitrogens with one attached hydrogen (secondary N) is 2. The number of aromatic nitrogens is 3. The van der Waals surface area contributed by atoms with Gasteiger partial charge in [0.05, 0.1) is 11.3 Å². The molecule has 1 aliphatic carbocycles. The fourth-order valence-corrected chi connectivity index (χ4v) is 3.71. The van der Waals surface area contributed by atoms with Crippen molar-refractivity contribution < 1.29 is 18.0 Å². The van der Waals surface area contributed by atoms with E-state index in [1.54, 1.807) is 6.92 Å². The van der Waals surface area contributed by atoms with Crippen LogP contribution in [0.4, 0.5) is 24.8 Å². The van der Waals surface area contributed by atoms with E-state index >= 15 is 0 Å². The van der Waals surface area contributed by atoms with Gasteiger partial charge < -0.3 is 10.6 Å². The third kappa shape index (κ3) is 5.56. The maximum absolute atomic E-state index is 13.8. The van der Waals surface area contributed by atoms with Crippen LogP contribution in [0.3, 0.4) is 0 Å². The van der Waals surface area contributed by atoms with Crippen molar-refractivity contribution in [2.75, 3.05) is 5.32 Å². The van der Waals surface area contributed by atoms with Gasteiger partial charge in [0.25, 0.3) is 0 Å². The first kappa shape index (κ1) is 21.3. The first-order chi connectivity index (χ1) is 13.7. The van der Waals surface area contributed by atoms with Gasteiger partial charge in [0.2, 0.25) is 17.1 Å². The SMILES string of the molecule is Cc1nc(Cl)nc(Nc2cccc(CNC(=O)C3CCCCC3)c2C(F)(F)F)n1. The van der Waals surface area contributed by atoms with Gasteiger partial charge in [-0.25, -0.2) is 4.98 Å². The quantitative estimate of drug-likeness (QED) is 0.717. The summed E-state index contributed by atoms with van der Waals surface area (Å²) >= 11 is 5.76. The summed E-state index contributed by atoms with van der Waals surface area (Å²) in [6, 6.07) is 4.11. The second kappa shape index (κ2) is 8.94. The lowest BCUT2D eigenvalue weighted by molar-refractivity contribution is -0.138. The predicted molar refractivity (Wildman–Crippen MR) is 103 cm³/mol. The Morgan fingerprint density at radius 1 is 1.17 bits per heavy atom. The second-order valence-electron chi connectivity index (χ2n) is 6.99. The van der Waals surface area contributed by atoms with Crippen LogP contribution in [0.25, 0.3) is 0 Å². The Morgan fingerprint density at radius 2 is 1.90 bits per heavy atom. The molecule has 2 aromatic rings. The Morgan fingerprint density at radius 3 is 2.55 bits per heavy atom. The number of hydrogen-bond donors (Lipinski definition) is 2. The van der Waals surface area contributed by atoms with Crippen molar-refractivity contribution in [3.8, 4) is 0 Å². The summed E-state index contributed by atoms with van der Waals surface area (Å²) in [5, 5.41) is 5.11. The molecule has 3 rings (SSSR count). The van der Waals surface area contributed by atoms with Gasteiger partial charge in [0.1, 0.15) is 5.82 Å². The lowest BCUT2D eigenvalue weighted by Crippen LogP contribution is -2.32. The number of amides is 1. The summed E-state index contributed by atoms with van der Waals surface area (Å²) in [7, 11) is 0. The third-order valence-electron chi connectivity index (χ3n) is 4.83. The van der Waals surface area contributed by atoms with E-state index in [0.717, 1.165) is 32.1 Å². The standard InChI is InChI=1S/C19H21ClF3N5O/c1-11-25-17(20)28-18(26-11)27-14-9-5-8-13(15(14)19(21,22)23)10-24-16(29)12-6-3-2-4-7-12/h5,8-9,12H,2-4,6-7,10H2,1H3,(H,24,29)(H,25,26,27,28). The monoisotopic (exact) mass is 427 g/mol. The number of halogens is 4. The van der Waals surface area contributed by atoms with Crippen LogP contribution >= 0.6 is 11.6 Å². The molecule has 1 aliphatic rings. The van der Waals surface area contributed by atoms with Crippen molar-refractivity contribution in [3.05, 3.63) is 40.4 Å². The first-order valence-corrected chi connectivity index (χ1v) is 9.74. The van der Waals surface area contributed by atoms with Gasteiger partial charge in [-0.3, -0.25) is 4.79 Å². The Labute approximate surface area is 171 Å². The molecule has 0 saturated heterocycles. The van der Waals surface area contributed by atoms with E-state index in [2.05, 4.69) is 25.6 Å². The van der Waals surface area contributed by atoms with Crippen LogP contribution < -0.4 is 10.6 Å². The van der Waals surface area contributed by atoms with Gasteiger partial charge in [-0.1, -0.05) is 31.4 Å². The molecule has 1 saturated carbocycles. The molecule has 0 aliphatic heterocycles. The highest BCUT2D eigenvalue weighted by molar-refractivity contribution is 6.28. The number of carbonyl (C=O) groups is 1. The van der Waals surface area contributed by atoms with Gasteiger partial charge >= 0.3 is 6.18 Å². The van der Waals surface area contributed by atoms with Crippen LogP contribution in [-0.4, -0.2) is 20.9 Å². The number of alkyl halides is 3. The van der Waals surface area contributed by atoms with Crippen molar-refractivity contribution in [2.24, 2.45) is 5.92 Å². The number of hydrogen-bond acceptors (Lipinski definition) is 5. The molecule has 156 valence electrons. The zero-order valence-electron chi connectivity index (χ0n) is 15.8. The molecule has 0 unspecified atom stereocenters. The van der Waals surface area contributed by atoms with E-state index in [-0.39, 0.29) is 46.7 Å². The van der Waals surface area contributed by atoms with Gasteiger partial charge in [-0.05, 0) is 43.0 Å². The van der Waals surface area contributed by atoms with Gasteiger partial charge in [0, 0.05) is 12.5 Å². The molecule has 10 heteroatoms. The predicted octanol–water partition coefficient (Wildman–Crippen LogP) is 4.79. The molecule has 0 atom stereocenters. The van der Waals surface area contributed by atoms with Crippen LogP contribution in [0.5, 0.6) is 0 Å². The number of aryl methyl sites for hydroxylation is 1. The summed E-state index contributed by atoms with van der Waals surface area (Å²) in [6.07, 6.45) is -0.0485. The van der Waals surface area contributed by atoms with Crippen LogP contribution in [0.15, 0.2) is 18.2 Å². The van der Waals surface area contributed by atoms with Crippen molar-refractivity contribution >= 4 is 29.1 Å². The van der Waals surface area contributed by atoms with Crippen LogP contribution in [-0.2, 0) is 17.5 Å². The Bertz CT molecular complexity index is 864. The lowest BCUT2D eigenvalue weighted by atomic mass is 9.88. The average molecular weight is 428 g/mol. The molecule has 29 heavy (non-hydrogen) atoms. The minimum absolute atomic E-state index is 0.0384. The molecular weight excluding hydrogens is 407 g/mol. The summed E-state index contributed by atoms with van der Waals surface area (Å²) in [6.45, 7) is 1.34. The smallest absolute Gasteiger partial charge is 0.352 e. The molecule has 1 amide bonds. The van der Waals surface area contributed by atoms with Crippen molar-refractivity contribution in [3.63, 3.8) is 0 Å². The van der Waals surface area contributed by atoms with E-state index in [4.69, 9.17) is 11.6 Å². The fraction of sp³-hybridized carbons (Fsp3) is 0.474. The molecule has 0 spiro atoms. The van der Waals surface area contributed by atoms with Gasteiger partial charge in [-0.15, -0.1) is 0 Å². The van der Waals surface area contributed by atoms with Crippen molar-refractivity contribution in [1.82, 2.24) is 20.3 Å². The molecule has 6 nitrogen and oxygen atoms in total.